The molecule has 0 unspecified atom stereocenters. The van der Waals surface area contributed by atoms with Crippen LogP contribution in [0.25, 0.3) is 0 Å². The molecule has 0 radical (unpaired) electrons. The summed E-state index contributed by atoms with van der Waals surface area (Å²) in [6.45, 7) is 7.99. The smallest absolute Gasteiger partial charge is 0.410 e. The number of aliphatic imine (C=N–C) groups is 1. The van der Waals surface area contributed by atoms with Gasteiger partial charge in [-0.1, -0.05) is 0 Å². The molecule has 0 saturated carbocycles. The second-order valence-corrected chi connectivity index (χ2v) is 5.94. The molecular weight excluding hydrogens is 270 g/mol. The van der Waals surface area contributed by atoms with E-state index < -0.39 is 5.60 Å². The van der Waals surface area contributed by atoms with Gasteiger partial charge in [-0.2, -0.15) is 0 Å². The zero-order valence-electron chi connectivity index (χ0n) is 12.8. The van der Waals surface area contributed by atoms with E-state index in [1.54, 1.807) is 17.3 Å². The maximum atomic E-state index is 12.0. The lowest BCUT2D eigenvalue weighted by molar-refractivity contribution is 0.0276. The number of aromatic nitrogens is 2. The van der Waals surface area contributed by atoms with Crippen molar-refractivity contribution in [1.29, 1.82) is 0 Å². The maximum Gasteiger partial charge on any atom is 0.410 e. The van der Waals surface area contributed by atoms with Crippen molar-refractivity contribution in [3.8, 4) is 0 Å². The van der Waals surface area contributed by atoms with Gasteiger partial charge in [-0.3, -0.25) is 9.89 Å². The summed E-state index contributed by atoms with van der Waals surface area (Å²) < 4.78 is 5.38. The molecule has 0 spiro atoms. The molecule has 7 heteroatoms. The SMILES string of the molecule is CC(C)(C)OC(=O)N1CCN=C(NCCc2ncc[nH]2)C1. The number of carbonyl (C=O) groups is 1. The van der Waals surface area contributed by atoms with E-state index in [0.717, 1.165) is 24.6 Å². The Bertz CT molecular complexity index is 490. The van der Waals surface area contributed by atoms with E-state index in [4.69, 9.17) is 4.74 Å². The summed E-state index contributed by atoms with van der Waals surface area (Å²) >= 11 is 0. The third-order valence-corrected chi connectivity index (χ3v) is 2.91. The molecule has 7 nitrogen and oxygen atoms in total. The normalized spacial score (nSPS) is 15.6. The van der Waals surface area contributed by atoms with Crippen molar-refractivity contribution >= 4 is 11.9 Å². The fourth-order valence-corrected chi connectivity index (χ4v) is 1.97. The minimum atomic E-state index is -0.474. The Kier molecular flexibility index (Phi) is 4.82. The van der Waals surface area contributed by atoms with E-state index in [2.05, 4.69) is 20.3 Å². The fraction of sp³-hybridized carbons (Fsp3) is 0.643. The highest BCUT2D eigenvalue weighted by Gasteiger charge is 2.24. The zero-order valence-corrected chi connectivity index (χ0v) is 12.8. The second kappa shape index (κ2) is 6.60. The Morgan fingerprint density at radius 3 is 3.00 bits per heavy atom. The van der Waals surface area contributed by atoms with E-state index in [9.17, 15) is 4.79 Å². The number of rotatable bonds is 3. The summed E-state index contributed by atoms with van der Waals surface area (Å²) in [7, 11) is 0. The van der Waals surface area contributed by atoms with Gasteiger partial charge in [-0.25, -0.2) is 9.78 Å². The molecule has 0 bridgehead atoms. The topological polar surface area (TPSA) is 82.6 Å². The van der Waals surface area contributed by atoms with Crippen LogP contribution >= 0.6 is 0 Å². The number of nitrogens with one attached hydrogen (secondary N) is 2. The van der Waals surface area contributed by atoms with Crippen LogP contribution in [0.1, 0.15) is 26.6 Å². The summed E-state index contributed by atoms with van der Waals surface area (Å²) in [5.41, 5.74) is -0.474. The third kappa shape index (κ3) is 5.09. The number of H-pyrrole nitrogens is 1. The van der Waals surface area contributed by atoms with Crippen LogP contribution in [0.5, 0.6) is 0 Å². The number of carbonyl (C=O) groups excluding carboxylic acids is 1. The van der Waals surface area contributed by atoms with E-state index in [0.29, 0.717) is 19.6 Å². The number of nitrogens with zero attached hydrogens (tertiary/aromatic N) is 3. The highest BCUT2D eigenvalue weighted by Crippen LogP contribution is 2.10. The molecule has 2 N–H and O–H groups in total. The largest absolute Gasteiger partial charge is 0.444 e. The van der Waals surface area contributed by atoms with Gasteiger partial charge in [0, 0.05) is 31.9 Å². The Balaban J connectivity index is 1.77. The van der Waals surface area contributed by atoms with Crippen LogP contribution in [-0.2, 0) is 11.2 Å². The van der Waals surface area contributed by atoms with Crippen molar-refractivity contribution in [1.82, 2.24) is 20.2 Å². The molecular formula is C14H23N5O2. The van der Waals surface area contributed by atoms with Gasteiger partial charge in [-0.05, 0) is 20.8 Å². The Labute approximate surface area is 124 Å². The van der Waals surface area contributed by atoms with E-state index in [1.165, 1.54) is 0 Å². The van der Waals surface area contributed by atoms with Gasteiger partial charge < -0.3 is 15.0 Å². The van der Waals surface area contributed by atoms with Crippen LogP contribution in [0, 0.1) is 0 Å². The van der Waals surface area contributed by atoms with Gasteiger partial charge in [-0.15, -0.1) is 0 Å². The molecule has 2 heterocycles. The van der Waals surface area contributed by atoms with Crippen LogP contribution in [0.2, 0.25) is 0 Å². The van der Waals surface area contributed by atoms with Crippen LogP contribution in [0.4, 0.5) is 4.79 Å². The first-order valence-corrected chi connectivity index (χ1v) is 7.17. The van der Waals surface area contributed by atoms with Crippen molar-refractivity contribution < 1.29 is 9.53 Å². The third-order valence-electron chi connectivity index (χ3n) is 2.91. The van der Waals surface area contributed by atoms with Crippen molar-refractivity contribution in [3.63, 3.8) is 0 Å². The van der Waals surface area contributed by atoms with Crippen LogP contribution in [0.3, 0.4) is 0 Å². The molecule has 1 amide bonds. The van der Waals surface area contributed by atoms with Crippen molar-refractivity contribution in [2.75, 3.05) is 26.2 Å². The first kappa shape index (κ1) is 15.3. The van der Waals surface area contributed by atoms with Crippen LogP contribution in [0.15, 0.2) is 17.4 Å². The highest BCUT2D eigenvalue weighted by molar-refractivity contribution is 5.87. The second-order valence-electron chi connectivity index (χ2n) is 5.94. The fourth-order valence-electron chi connectivity index (χ4n) is 1.97. The van der Waals surface area contributed by atoms with Gasteiger partial charge >= 0.3 is 6.09 Å². The number of ether oxygens (including phenoxy) is 1. The summed E-state index contributed by atoms with van der Waals surface area (Å²) in [4.78, 5) is 25.3. The van der Waals surface area contributed by atoms with Gasteiger partial charge in [0.15, 0.2) is 0 Å². The van der Waals surface area contributed by atoms with Crippen LogP contribution < -0.4 is 5.32 Å². The molecule has 0 aromatic carbocycles. The van der Waals surface area contributed by atoms with Gasteiger partial charge in [0.05, 0.1) is 13.1 Å². The minimum Gasteiger partial charge on any atom is -0.444 e. The number of imidazole rings is 1. The maximum absolute atomic E-state index is 12.0. The van der Waals surface area contributed by atoms with E-state index in [-0.39, 0.29) is 6.09 Å². The first-order chi connectivity index (χ1) is 9.94. The Morgan fingerprint density at radius 1 is 1.52 bits per heavy atom. The predicted octanol–water partition coefficient (Wildman–Crippen LogP) is 1.19. The number of hydrogen-bond acceptors (Lipinski definition) is 5. The number of amidine groups is 1. The van der Waals surface area contributed by atoms with Gasteiger partial charge in [0.25, 0.3) is 0 Å². The van der Waals surface area contributed by atoms with Gasteiger partial charge in [0.1, 0.15) is 17.3 Å². The van der Waals surface area contributed by atoms with Crippen molar-refractivity contribution in [2.45, 2.75) is 32.8 Å². The van der Waals surface area contributed by atoms with E-state index >= 15 is 0 Å². The average molecular weight is 293 g/mol. The molecule has 116 valence electrons. The average Bonchev–Trinajstić information content (AvgIpc) is 2.90. The number of amides is 1. The van der Waals surface area contributed by atoms with E-state index in [1.807, 2.05) is 20.8 Å². The minimum absolute atomic E-state index is 0.289. The zero-order chi connectivity index (χ0) is 15.3. The lowest BCUT2D eigenvalue weighted by Crippen LogP contribution is -2.47. The highest BCUT2D eigenvalue weighted by atomic mass is 16.6. The number of hydrogen-bond donors (Lipinski definition) is 2. The lowest BCUT2D eigenvalue weighted by atomic mass is 10.2. The van der Waals surface area contributed by atoms with Gasteiger partial charge in [0.2, 0.25) is 0 Å². The molecule has 21 heavy (non-hydrogen) atoms. The van der Waals surface area contributed by atoms with Crippen molar-refractivity contribution in [2.24, 2.45) is 4.99 Å². The molecule has 1 aliphatic heterocycles. The first-order valence-electron chi connectivity index (χ1n) is 7.17. The Morgan fingerprint density at radius 2 is 2.33 bits per heavy atom. The molecule has 0 fully saturated rings. The lowest BCUT2D eigenvalue weighted by Gasteiger charge is -2.29. The molecule has 0 aliphatic carbocycles. The predicted molar refractivity (Wildman–Crippen MR) is 80.4 cm³/mol. The van der Waals surface area contributed by atoms with Crippen LogP contribution in [-0.4, -0.2) is 58.6 Å². The summed E-state index contributed by atoms with van der Waals surface area (Å²) in [5, 5.41) is 3.25. The summed E-state index contributed by atoms with van der Waals surface area (Å²) in [6.07, 6.45) is 4.04. The number of aromatic amines is 1. The summed E-state index contributed by atoms with van der Waals surface area (Å²) in [6, 6.07) is 0. The molecule has 2 rings (SSSR count). The monoisotopic (exact) mass is 293 g/mol. The molecule has 0 saturated heterocycles. The quantitative estimate of drug-likeness (QED) is 0.877. The molecule has 1 aromatic heterocycles. The molecule has 1 aromatic rings. The Hall–Kier alpha value is -2.05. The molecule has 0 atom stereocenters. The standard InChI is InChI=1S/C14H23N5O2/c1-14(2,3)21-13(20)19-9-8-18-12(10-19)15-5-4-11-16-6-7-17-11/h6-7H,4-5,8-10H2,1-3H3,(H,15,18)(H,16,17). The van der Waals surface area contributed by atoms with Crippen molar-refractivity contribution in [3.05, 3.63) is 18.2 Å². The summed E-state index contributed by atoms with van der Waals surface area (Å²) in [5.74, 6) is 1.75. The molecule has 1 aliphatic rings.